The highest BCUT2D eigenvalue weighted by atomic mass is 32.2. The number of nitrogens with one attached hydrogen (secondary N) is 1. The molecule has 1 N–H and O–H groups in total. The number of amides is 1. The van der Waals surface area contributed by atoms with E-state index < -0.39 is 0 Å². The van der Waals surface area contributed by atoms with E-state index in [2.05, 4.69) is 20.3 Å². The molecule has 0 aliphatic carbocycles. The molecule has 0 fully saturated rings. The van der Waals surface area contributed by atoms with Gasteiger partial charge in [-0.05, 0) is 25.1 Å². The number of thioether (sulfide) groups is 1. The molecule has 6 heteroatoms. The third-order valence-electron chi connectivity index (χ3n) is 2.13. The molecule has 0 radical (unpaired) electrons. The zero-order valence-electron chi connectivity index (χ0n) is 9.78. The van der Waals surface area contributed by atoms with E-state index in [9.17, 15) is 4.79 Å². The fourth-order valence-electron chi connectivity index (χ4n) is 1.25. The normalized spacial score (nSPS) is 11.8. The number of pyridine rings is 1. The summed E-state index contributed by atoms with van der Waals surface area (Å²) >= 11 is 1.46. The fourth-order valence-corrected chi connectivity index (χ4v) is 2.10. The number of anilines is 1. The maximum atomic E-state index is 11.9. The van der Waals surface area contributed by atoms with E-state index in [1.807, 2.05) is 19.1 Å². The third-order valence-corrected chi connectivity index (χ3v) is 3.24. The van der Waals surface area contributed by atoms with E-state index >= 15 is 0 Å². The molecule has 0 aliphatic heterocycles. The maximum Gasteiger partial charge on any atom is 0.239 e. The second kappa shape index (κ2) is 6.11. The van der Waals surface area contributed by atoms with E-state index in [0.717, 1.165) is 4.90 Å². The molecule has 0 spiro atoms. The van der Waals surface area contributed by atoms with Crippen LogP contribution in [0.25, 0.3) is 0 Å². The number of carbonyl (C=O) groups is 1. The van der Waals surface area contributed by atoms with Gasteiger partial charge in [0, 0.05) is 29.7 Å². The van der Waals surface area contributed by atoms with Crippen LogP contribution in [-0.4, -0.2) is 26.1 Å². The van der Waals surface area contributed by atoms with Crippen molar-refractivity contribution in [1.29, 1.82) is 0 Å². The van der Waals surface area contributed by atoms with E-state index in [-0.39, 0.29) is 11.2 Å². The number of nitrogens with zero attached hydrogens (tertiary/aromatic N) is 3. The van der Waals surface area contributed by atoms with Crippen LogP contribution in [0.1, 0.15) is 6.92 Å². The van der Waals surface area contributed by atoms with Crippen LogP contribution < -0.4 is 5.32 Å². The van der Waals surface area contributed by atoms with Gasteiger partial charge in [-0.25, -0.2) is 9.97 Å². The van der Waals surface area contributed by atoms with Gasteiger partial charge in [-0.1, -0.05) is 0 Å². The lowest BCUT2D eigenvalue weighted by Crippen LogP contribution is -2.23. The van der Waals surface area contributed by atoms with Gasteiger partial charge in [0.05, 0.1) is 5.25 Å². The molecule has 2 aromatic heterocycles. The first kappa shape index (κ1) is 12.5. The Balaban J connectivity index is 1.93. The van der Waals surface area contributed by atoms with Crippen molar-refractivity contribution in [3.8, 4) is 0 Å². The molecule has 0 aliphatic rings. The Kier molecular flexibility index (Phi) is 4.25. The molecule has 2 aromatic rings. The number of hydrogen-bond acceptors (Lipinski definition) is 5. The zero-order valence-corrected chi connectivity index (χ0v) is 10.6. The molecule has 1 atom stereocenters. The summed E-state index contributed by atoms with van der Waals surface area (Å²) in [6, 6.07) is 5.44. The molecule has 5 nitrogen and oxygen atoms in total. The molecule has 18 heavy (non-hydrogen) atoms. The van der Waals surface area contributed by atoms with Gasteiger partial charge in [-0.15, -0.1) is 11.8 Å². The summed E-state index contributed by atoms with van der Waals surface area (Å²) in [7, 11) is 0. The van der Waals surface area contributed by atoms with E-state index in [4.69, 9.17) is 0 Å². The van der Waals surface area contributed by atoms with E-state index in [0.29, 0.717) is 5.95 Å². The smallest absolute Gasteiger partial charge is 0.239 e. The van der Waals surface area contributed by atoms with Crippen LogP contribution in [0.5, 0.6) is 0 Å². The Bertz CT molecular complexity index is 506. The number of rotatable bonds is 4. The van der Waals surface area contributed by atoms with E-state index in [1.165, 1.54) is 11.8 Å². The van der Waals surface area contributed by atoms with Crippen LogP contribution in [0.2, 0.25) is 0 Å². The Morgan fingerprint density at radius 3 is 2.56 bits per heavy atom. The van der Waals surface area contributed by atoms with Gasteiger partial charge in [0.15, 0.2) is 0 Å². The SMILES string of the molecule is C[C@H](Sc1ccncc1)C(=O)Nc1ncccn1. The van der Waals surface area contributed by atoms with Crippen molar-refractivity contribution in [3.63, 3.8) is 0 Å². The van der Waals surface area contributed by atoms with Crippen molar-refractivity contribution in [1.82, 2.24) is 15.0 Å². The van der Waals surface area contributed by atoms with Crippen molar-refractivity contribution in [2.45, 2.75) is 17.1 Å². The number of carbonyl (C=O) groups excluding carboxylic acids is 1. The summed E-state index contributed by atoms with van der Waals surface area (Å²) in [6.07, 6.45) is 6.58. The highest BCUT2D eigenvalue weighted by molar-refractivity contribution is 8.00. The second-order valence-electron chi connectivity index (χ2n) is 3.50. The minimum Gasteiger partial charge on any atom is -0.294 e. The van der Waals surface area contributed by atoms with Crippen LogP contribution >= 0.6 is 11.8 Å². The molecule has 92 valence electrons. The highest BCUT2D eigenvalue weighted by Gasteiger charge is 2.15. The van der Waals surface area contributed by atoms with Crippen LogP contribution in [-0.2, 0) is 4.79 Å². The quantitative estimate of drug-likeness (QED) is 0.851. The van der Waals surface area contributed by atoms with Crippen molar-refractivity contribution >= 4 is 23.6 Å². The molecular formula is C12H12N4OS. The standard InChI is InChI=1S/C12H12N4OS/c1-9(18-10-3-7-13-8-4-10)11(17)16-12-14-5-2-6-15-12/h2-9H,1H3,(H,14,15,16,17)/t9-/m0/s1. The Morgan fingerprint density at radius 1 is 1.22 bits per heavy atom. The summed E-state index contributed by atoms with van der Waals surface area (Å²) in [4.78, 5) is 24.7. The lowest BCUT2D eigenvalue weighted by molar-refractivity contribution is -0.115. The van der Waals surface area contributed by atoms with Crippen LogP contribution in [0.15, 0.2) is 47.9 Å². The third kappa shape index (κ3) is 3.53. The minimum atomic E-state index is -0.226. The van der Waals surface area contributed by atoms with Crippen molar-refractivity contribution in [2.75, 3.05) is 5.32 Å². The molecule has 2 heterocycles. The van der Waals surface area contributed by atoms with Gasteiger partial charge in [-0.2, -0.15) is 0 Å². The predicted octanol–water partition coefficient (Wildman–Crippen LogP) is 1.99. The molecule has 0 bridgehead atoms. The lowest BCUT2D eigenvalue weighted by Gasteiger charge is -2.10. The number of hydrogen-bond donors (Lipinski definition) is 1. The Hall–Kier alpha value is -1.95. The van der Waals surface area contributed by atoms with Gasteiger partial charge in [0.25, 0.3) is 0 Å². The molecule has 0 saturated carbocycles. The first-order valence-electron chi connectivity index (χ1n) is 5.40. The largest absolute Gasteiger partial charge is 0.294 e. The van der Waals surface area contributed by atoms with Crippen LogP contribution in [0.4, 0.5) is 5.95 Å². The first-order valence-corrected chi connectivity index (χ1v) is 6.28. The first-order chi connectivity index (χ1) is 8.75. The molecule has 0 unspecified atom stereocenters. The Morgan fingerprint density at radius 2 is 1.89 bits per heavy atom. The van der Waals surface area contributed by atoms with Crippen molar-refractivity contribution < 1.29 is 4.79 Å². The second-order valence-corrected chi connectivity index (χ2v) is 4.92. The Labute approximate surface area is 109 Å². The topological polar surface area (TPSA) is 67.8 Å². The monoisotopic (exact) mass is 260 g/mol. The summed E-state index contributed by atoms with van der Waals surface area (Å²) in [5.41, 5.74) is 0. The summed E-state index contributed by atoms with van der Waals surface area (Å²) in [5, 5.41) is 2.44. The predicted molar refractivity (Wildman–Crippen MR) is 70.2 cm³/mol. The van der Waals surface area contributed by atoms with Gasteiger partial charge in [0.1, 0.15) is 0 Å². The minimum absolute atomic E-state index is 0.122. The maximum absolute atomic E-state index is 11.9. The van der Waals surface area contributed by atoms with Gasteiger partial charge >= 0.3 is 0 Å². The number of aromatic nitrogens is 3. The zero-order chi connectivity index (χ0) is 12.8. The summed E-state index contributed by atoms with van der Waals surface area (Å²) in [6.45, 7) is 1.84. The molecule has 2 rings (SSSR count). The fraction of sp³-hybridized carbons (Fsp3) is 0.167. The lowest BCUT2D eigenvalue weighted by atomic mass is 10.4. The molecule has 0 aromatic carbocycles. The molecular weight excluding hydrogens is 248 g/mol. The van der Waals surface area contributed by atoms with Crippen molar-refractivity contribution in [2.24, 2.45) is 0 Å². The molecule has 1 amide bonds. The van der Waals surface area contributed by atoms with Crippen LogP contribution in [0, 0.1) is 0 Å². The summed E-state index contributed by atoms with van der Waals surface area (Å²) < 4.78 is 0. The van der Waals surface area contributed by atoms with Crippen LogP contribution in [0.3, 0.4) is 0 Å². The average molecular weight is 260 g/mol. The highest BCUT2D eigenvalue weighted by Crippen LogP contribution is 2.22. The van der Waals surface area contributed by atoms with Gasteiger partial charge in [-0.3, -0.25) is 15.1 Å². The van der Waals surface area contributed by atoms with Crippen molar-refractivity contribution in [3.05, 3.63) is 43.0 Å². The van der Waals surface area contributed by atoms with E-state index in [1.54, 1.807) is 30.9 Å². The average Bonchev–Trinajstić information content (AvgIpc) is 2.41. The summed E-state index contributed by atoms with van der Waals surface area (Å²) in [5.74, 6) is 0.202. The molecule has 0 saturated heterocycles. The van der Waals surface area contributed by atoms with Gasteiger partial charge < -0.3 is 0 Å². The van der Waals surface area contributed by atoms with Gasteiger partial charge in [0.2, 0.25) is 11.9 Å².